The van der Waals surface area contributed by atoms with Crippen LogP contribution in [0.25, 0.3) is 0 Å². The molecule has 0 bridgehead atoms. The van der Waals surface area contributed by atoms with E-state index in [2.05, 4.69) is 26.8 Å². The van der Waals surface area contributed by atoms with Crippen molar-refractivity contribution < 1.29 is 4.79 Å². The molecule has 0 aromatic heterocycles. The van der Waals surface area contributed by atoms with Gasteiger partial charge in [0.25, 0.3) is 0 Å². The Bertz CT molecular complexity index is 241. The average Bonchev–Trinajstić information content (AvgIpc) is 2.07. The van der Waals surface area contributed by atoms with E-state index in [1.807, 2.05) is 0 Å². The Hall–Kier alpha value is -0.300. The van der Waals surface area contributed by atoms with Gasteiger partial charge >= 0.3 is 0 Å². The van der Waals surface area contributed by atoms with Crippen LogP contribution in [0.3, 0.4) is 0 Å². The van der Waals surface area contributed by atoms with Crippen LogP contribution in [0.15, 0.2) is 11.6 Å². The minimum atomic E-state index is -0.154. The smallest absolute Gasteiger partial charge is 0.225 e. The molecular formula is C12H19ClO. The summed E-state index contributed by atoms with van der Waals surface area (Å²) in [6.45, 7) is 6.35. The van der Waals surface area contributed by atoms with Gasteiger partial charge in [0.1, 0.15) is 0 Å². The van der Waals surface area contributed by atoms with E-state index in [1.54, 1.807) is 0 Å². The van der Waals surface area contributed by atoms with Gasteiger partial charge in [0.2, 0.25) is 5.24 Å². The van der Waals surface area contributed by atoms with Crippen molar-refractivity contribution in [3.63, 3.8) is 0 Å². The molecule has 0 saturated heterocycles. The minimum absolute atomic E-state index is 0.0512. The van der Waals surface area contributed by atoms with Crippen molar-refractivity contribution >= 4 is 16.8 Å². The maximum absolute atomic E-state index is 11.3. The lowest BCUT2D eigenvalue weighted by atomic mass is 9.74. The predicted octanol–water partition coefficient (Wildman–Crippen LogP) is 3.77. The second-order valence-corrected chi connectivity index (χ2v) is 5.11. The Morgan fingerprint density at radius 3 is 2.50 bits per heavy atom. The Morgan fingerprint density at radius 2 is 2.00 bits per heavy atom. The van der Waals surface area contributed by atoms with Crippen molar-refractivity contribution in [1.82, 2.24) is 0 Å². The van der Waals surface area contributed by atoms with E-state index >= 15 is 0 Å². The van der Waals surface area contributed by atoms with Crippen LogP contribution in [0, 0.1) is 17.8 Å². The van der Waals surface area contributed by atoms with Crippen molar-refractivity contribution in [1.29, 1.82) is 0 Å². The third kappa shape index (κ3) is 3.13. The van der Waals surface area contributed by atoms with Crippen LogP contribution < -0.4 is 0 Å². The highest BCUT2D eigenvalue weighted by molar-refractivity contribution is 6.64. The third-order valence-corrected chi connectivity index (χ3v) is 3.29. The van der Waals surface area contributed by atoms with Crippen LogP contribution in [-0.2, 0) is 4.79 Å². The lowest BCUT2D eigenvalue weighted by Gasteiger charge is -2.31. The molecule has 0 N–H and O–H groups in total. The molecule has 1 saturated carbocycles. The molecule has 0 heterocycles. The van der Waals surface area contributed by atoms with E-state index in [-0.39, 0.29) is 11.2 Å². The van der Waals surface area contributed by atoms with E-state index in [4.69, 9.17) is 11.6 Å². The molecule has 14 heavy (non-hydrogen) atoms. The van der Waals surface area contributed by atoms with Crippen LogP contribution >= 0.6 is 11.6 Å². The molecule has 1 aliphatic rings. The lowest BCUT2D eigenvalue weighted by molar-refractivity contribution is -0.117. The molecule has 1 aliphatic carbocycles. The van der Waals surface area contributed by atoms with Crippen molar-refractivity contribution in [3.05, 3.63) is 11.6 Å². The van der Waals surface area contributed by atoms with Gasteiger partial charge in [-0.2, -0.15) is 0 Å². The molecule has 0 aliphatic heterocycles. The number of rotatable bonds is 2. The molecule has 1 fully saturated rings. The van der Waals surface area contributed by atoms with Gasteiger partial charge in [-0.1, -0.05) is 25.0 Å². The largest absolute Gasteiger partial charge is 0.281 e. The first-order chi connectivity index (χ1) is 6.50. The zero-order chi connectivity index (χ0) is 10.7. The van der Waals surface area contributed by atoms with Crippen LogP contribution in [-0.4, -0.2) is 5.24 Å². The van der Waals surface area contributed by atoms with E-state index in [1.165, 1.54) is 12.0 Å². The molecule has 3 atom stereocenters. The summed E-state index contributed by atoms with van der Waals surface area (Å²) >= 11 is 5.63. The van der Waals surface area contributed by atoms with Crippen molar-refractivity contribution in [2.45, 2.75) is 40.0 Å². The Labute approximate surface area is 91.5 Å². The van der Waals surface area contributed by atoms with Crippen molar-refractivity contribution in [3.8, 4) is 0 Å². The van der Waals surface area contributed by atoms with Crippen LogP contribution in [0.5, 0.6) is 0 Å². The maximum Gasteiger partial charge on any atom is 0.225 e. The van der Waals surface area contributed by atoms with Gasteiger partial charge in [-0.3, -0.25) is 4.79 Å². The van der Waals surface area contributed by atoms with Gasteiger partial charge in [-0.05, 0) is 50.1 Å². The van der Waals surface area contributed by atoms with Gasteiger partial charge in [0.15, 0.2) is 0 Å². The Kier molecular flexibility index (Phi) is 4.18. The quantitative estimate of drug-likeness (QED) is 0.505. The highest BCUT2D eigenvalue weighted by Crippen LogP contribution is 2.36. The van der Waals surface area contributed by atoms with Crippen molar-refractivity contribution in [2.24, 2.45) is 17.8 Å². The Morgan fingerprint density at radius 1 is 1.36 bits per heavy atom. The average molecular weight is 215 g/mol. The van der Waals surface area contributed by atoms with Crippen molar-refractivity contribution in [2.75, 3.05) is 0 Å². The second-order valence-electron chi connectivity index (χ2n) is 4.74. The molecule has 2 heteroatoms. The van der Waals surface area contributed by atoms with Crippen LogP contribution in [0.4, 0.5) is 0 Å². The zero-order valence-corrected chi connectivity index (χ0v) is 9.97. The summed E-state index contributed by atoms with van der Waals surface area (Å²) in [4.78, 5) is 11.3. The summed E-state index contributed by atoms with van der Waals surface area (Å²) < 4.78 is 0. The summed E-state index contributed by atoms with van der Waals surface area (Å²) in [6, 6.07) is 0. The number of hydrogen-bond donors (Lipinski definition) is 0. The molecule has 1 nitrogen and oxygen atoms in total. The fraction of sp³-hybridized carbons (Fsp3) is 0.750. The first-order valence-corrected chi connectivity index (χ1v) is 5.73. The topological polar surface area (TPSA) is 17.1 Å². The zero-order valence-electron chi connectivity index (χ0n) is 9.22. The molecule has 0 aromatic carbocycles. The van der Waals surface area contributed by atoms with E-state index < -0.39 is 0 Å². The highest BCUT2D eigenvalue weighted by atomic mass is 35.5. The first-order valence-electron chi connectivity index (χ1n) is 5.35. The number of allylic oxidation sites excluding steroid dienone is 2. The highest BCUT2D eigenvalue weighted by Gasteiger charge is 2.31. The van der Waals surface area contributed by atoms with Gasteiger partial charge in [0.05, 0.1) is 0 Å². The maximum atomic E-state index is 11.3. The lowest BCUT2D eigenvalue weighted by Crippen LogP contribution is -2.26. The van der Waals surface area contributed by atoms with Gasteiger partial charge < -0.3 is 0 Å². The summed E-state index contributed by atoms with van der Waals surface area (Å²) in [5, 5.41) is -0.154. The van der Waals surface area contributed by atoms with E-state index in [0.29, 0.717) is 11.8 Å². The minimum Gasteiger partial charge on any atom is -0.281 e. The predicted molar refractivity (Wildman–Crippen MR) is 60.3 cm³/mol. The molecule has 1 unspecified atom stereocenters. The molecule has 1 rings (SSSR count). The number of halogens is 1. The normalized spacial score (nSPS) is 32.4. The molecule has 80 valence electrons. The van der Waals surface area contributed by atoms with E-state index in [9.17, 15) is 4.79 Å². The van der Waals surface area contributed by atoms with Gasteiger partial charge in [0, 0.05) is 5.92 Å². The van der Waals surface area contributed by atoms with Crippen LogP contribution in [0.2, 0.25) is 0 Å². The van der Waals surface area contributed by atoms with Crippen LogP contribution in [0.1, 0.15) is 40.0 Å². The summed E-state index contributed by atoms with van der Waals surface area (Å²) in [7, 11) is 0. The molecule has 0 aromatic rings. The number of hydrogen-bond acceptors (Lipinski definition) is 1. The molecule has 0 radical (unpaired) electrons. The molecular weight excluding hydrogens is 196 g/mol. The Balaban J connectivity index is 2.72. The second kappa shape index (κ2) is 4.97. The number of carbonyl (C=O) groups is 1. The van der Waals surface area contributed by atoms with Gasteiger partial charge in [-0.15, -0.1) is 0 Å². The summed E-state index contributed by atoms with van der Waals surface area (Å²) in [5.41, 5.74) is 1.28. The monoisotopic (exact) mass is 214 g/mol. The molecule has 0 amide bonds. The molecule has 0 spiro atoms. The summed E-state index contributed by atoms with van der Waals surface area (Å²) in [6.07, 6.45) is 5.48. The van der Waals surface area contributed by atoms with E-state index in [0.717, 1.165) is 12.8 Å². The number of carbonyl (C=O) groups excluding carboxylic acids is 1. The van der Waals surface area contributed by atoms with Gasteiger partial charge in [-0.25, -0.2) is 0 Å². The fourth-order valence-electron chi connectivity index (χ4n) is 2.29. The summed E-state index contributed by atoms with van der Waals surface area (Å²) in [5.74, 6) is 1.07. The third-order valence-electron chi connectivity index (χ3n) is 3.00. The standard InChI is InChI=1S/C12H19ClO/c1-8(2)6-10-5-4-9(3)7-11(10)12(13)14/h6,9-11H,4-5,7H2,1-3H3/t9-,10?,11-/m1/s1. The first kappa shape index (κ1) is 11.8. The fourth-order valence-corrected chi connectivity index (χ4v) is 2.54. The SMILES string of the molecule is CC(C)=CC1CC[C@@H](C)C[C@H]1C(=O)Cl.